The molecule has 2 aromatic carbocycles. The Labute approximate surface area is 217 Å². The van der Waals surface area contributed by atoms with Gasteiger partial charge in [-0.2, -0.15) is 4.98 Å². The van der Waals surface area contributed by atoms with E-state index in [1.165, 1.54) is 12.1 Å². The van der Waals surface area contributed by atoms with E-state index < -0.39 is 11.7 Å². The number of nitrogens with one attached hydrogen (secondary N) is 2. The number of carbonyl (C=O) groups is 1. The first-order valence-corrected chi connectivity index (χ1v) is 12.0. The molecule has 10 nitrogen and oxygen atoms in total. The number of aliphatic hydroxyl groups excluding tert-OH is 1. The Balaban J connectivity index is 1.44. The molecular weight excluding hydrogens is 493 g/mol. The first-order valence-electron chi connectivity index (χ1n) is 12.0. The zero-order valence-corrected chi connectivity index (χ0v) is 20.6. The number of aromatic amines is 1. The Morgan fingerprint density at radius 3 is 2.58 bits per heavy atom. The molecule has 0 radical (unpaired) electrons. The summed E-state index contributed by atoms with van der Waals surface area (Å²) >= 11 is 0. The molecule has 0 bridgehead atoms. The van der Waals surface area contributed by atoms with Crippen LogP contribution in [0.5, 0.6) is 11.8 Å². The fourth-order valence-electron chi connectivity index (χ4n) is 3.91. The van der Waals surface area contributed by atoms with Gasteiger partial charge >= 0.3 is 6.01 Å². The SMILES string of the molecule is CC1(C(=O)NCCO)COC(c2nc(-c3ccc(F)cc3)c(-c3ccnc(Oc4ccccc4)n3)[nH]2)OC1. The Bertz CT molecular complexity index is 1390. The summed E-state index contributed by atoms with van der Waals surface area (Å²) in [6.07, 6.45) is 0.697. The number of benzene rings is 2. The molecule has 4 aromatic rings. The quantitative estimate of drug-likeness (QED) is 0.322. The number of aliphatic hydroxyl groups is 1. The van der Waals surface area contributed by atoms with Gasteiger partial charge in [0.05, 0.1) is 42.3 Å². The summed E-state index contributed by atoms with van der Waals surface area (Å²) < 4.78 is 31.2. The lowest BCUT2D eigenvalue weighted by molar-refractivity contribution is -0.231. The Kier molecular flexibility index (Phi) is 7.40. The highest BCUT2D eigenvalue weighted by Crippen LogP contribution is 2.36. The number of carbonyl (C=O) groups excluding carboxylic acids is 1. The highest BCUT2D eigenvalue weighted by molar-refractivity contribution is 5.82. The summed E-state index contributed by atoms with van der Waals surface area (Å²) in [6, 6.07) is 16.9. The van der Waals surface area contributed by atoms with Gasteiger partial charge in [-0.15, -0.1) is 0 Å². The number of imidazole rings is 1. The van der Waals surface area contributed by atoms with Crippen LogP contribution in [-0.4, -0.2) is 57.3 Å². The van der Waals surface area contributed by atoms with Crippen molar-refractivity contribution in [2.75, 3.05) is 26.4 Å². The summed E-state index contributed by atoms with van der Waals surface area (Å²) in [6.45, 7) is 1.88. The summed E-state index contributed by atoms with van der Waals surface area (Å²) in [5, 5.41) is 11.6. The second-order valence-electron chi connectivity index (χ2n) is 8.99. The van der Waals surface area contributed by atoms with Crippen molar-refractivity contribution >= 4 is 5.91 Å². The van der Waals surface area contributed by atoms with Crippen LogP contribution in [0.15, 0.2) is 66.9 Å². The molecule has 0 aliphatic carbocycles. The number of H-pyrrole nitrogens is 1. The molecule has 2 aromatic heterocycles. The highest BCUT2D eigenvalue weighted by Gasteiger charge is 2.40. The molecule has 5 rings (SSSR count). The maximum Gasteiger partial charge on any atom is 0.322 e. The second-order valence-corrected chi connectivity index (χ2v) is 8.99. The molecular formula is C27H26FN5O5. The minimum absolute atomic E-state index is 0.0828. The van der Waals surface area contributed by atoms with Gasteiger partial charge in [0.1, 0.15) is 11.6 Å². The van der Waals surface area contributed by atoms with Crippen molar-refractivity contribution in [2.24, 2.45) is 5.41 Å². The molecule has 1 saturated heterocycles. The van der Waals surface area contributed by atoms with Gasteiger partial charge in [0.25, 0.3) is 0 Å². The number of hydrogen-bond acceptors (Lipinski definition) is 8. The van der Waals surface area contributed by atoms with E-state index in [0.717, 1.165) is 0 Å². The molecule has 11 heteroatoms. The minimum atomic E-state index is -0.919. The zero-order valence-electron chi connectivity index (χ0n) is 20.6. The standard InChI is InChI=1S/C27H26FN5O5/c1-27(25(35)29-13-14-34)15-36-24(37-16-27)23-32-21(17-7-9-18(28)10-8-17)22(33-23)20-11-12-30-26(31-20)38-19-5-3-2-4-6-19/h2-12,24,34H,13-16H2,1H3,(H,29,35)(H,32,33). The van der Waals surface area contributed by atoms with E-state index in [1.807, 2.05) is 18.2 Å². The molecule has 1 amide bonds. The van der Waals surface area contributed by atoms with E-state index >= 15 is 0 Å². The lowest BCUT2D eigenvalue weighted by Crippen LogP contribution is -2.49. The van der Waals surface area contributed by atoms with Crippen molar-refractivity contribution in [1.82, 2.24) is 25.3 Å². The predicted molar refractivity (Wildman–Crippen MR) is 134 cm³/mol. The maximum atomic E-state index is 13.6. The van der Waals surface area contributed by atoms with E-state index in [4.69, 9.17) is 24.3 Å². The zero-order chi connectivity index (χ0) is 26.5. The topological polar surface area (TPSA) is 131 Å². The Hall–Kier alpha value is -4.19. The number of aromatic nitrogens is 4. The predicted octanol–water partition coefficient (Wildman–Crippen LogP) is 3.63. The van der Waals surface area contributed by atoms with Crippen molar-refractivity contribution < 1.29 is 28.5 Å². The second kappa shape index (κ2) is 11.1. The van der Waals surface area contributed by atoms with Crippen LogP contribution in [0.3, 0.4) is 0 Å². The molecule has 1 fully saturated rings. The molecule has 38 heavy (non-hydrogen) atoms. The summed E-state index contributed by atoms with van der Waals surface area (Å²) in [5.74, 6) is 0.304. The van der Waals surface area contributed by atoms with Crippen molar-refractivity contribution in [1.29, 1.82) is 0 Å². The maximum absolute atomic E-state index is 13.6. The van der Waals surface area contributed by atoms with E-state index in [2.05, 4.69) is 20.3 Å². The number of nitrogens with zero attached hydrogens (tertiary/aromatic N) is 3. The minimum Gasteiger partial charge on any atom is -0.424 e. The molecule has 196 valence electrons. The number of hydrogen-bond donors (Lipinski definition) is 3. The Morgan fingerprint density at radius 1 is 1.13 bits per heavy atom. The molecule has 3 N–H and O–H groups in total. The number of halogens is 1. The lowest BCUT2D eigenvalue weighted by atomic mass is 9.91. The van der Waals surface area contributed by atoms with Gasteiger partial charge in [0.2, 0.25) is 12.2 Å². The number of amides is 1. The largest absolute Gasteiger partial charge is 0.424 e. The molecule has 3 heterocycles. The van der Waals surface area contributed by atoms with Crippen molar-refractivity contribution in [3.63, 3.8) is 0 Å². The number of para-hydroxylation sites is 1. The summed E-state index contributed by atoms with van der Waals surface area (Å²) in [5.41, 5.74) is 1.26. The van der Waals surface area contributed by atoms with Crippen molar-refractivity contribution in [3.05, 3.63) is 78.5 Å². The van der Waals surface area contributed by atoms with Gasteiger partial charge < -0.3 is 29.6 Å². The number of ether oxygens (including phenoxy) is 3. The van der Waals surface area contributed by atoms with Crippen molar-refractivity contribution in [3.8, 4) is 34.4 Å². The molecule has 0 spiro atoms. The normalized spacial score (nSPS) is 19.2. The van der Waals surface area contributed by atoms with E-state index in [9.17, 15) is 9.18 Å². The first kappa shape index (κ1) is 25.5. The monoisotopic (exact) mass is 519 g/mol. The van der Waals surface area contributed by atoms with Crippen LogP contribution < -0.4 is 10.1 Å². The van der Waals surface area contributed by atoms with Gasteiger partial charge in [-0.25, -0.2) is 14.4 Å². The molecule has 0 atom stereocenters. The van der Waals surface area contributed by atoms with Crippen molar-refractivity contribution in [2.45, 2.75) is 13.2 Å². The van der Waals surface area contributed by atoms with Crippen LogP contribution in [0.2, 0.25) is 0 Å². The fraction of sp³-hybridized carbons (Fsp3) is 0.259. The smallest absolute Gasteiger partial charge is 0.322 e. The van der Waals surface area contributed by atoms with Gasteiger partial charge in [-0.3, -0.25) is 4.79 Å². The highest BCUT2D eigenvalue weighted by atomic mass is 19.1. The van der Waals surface area contributed by atoms with E-state index in [0.29, 0.717) is 34.2 Å². The van der Waals surface area contributed by atoms with Crippen LogP contribution in [0.4, 0.5) is 4.39 Å². The van der Waals surface area contributed by atoms with Crippen LogP contribution in [0.1, 0.15) is 19.0 Å². The molecule has 0 unspecified atom stereocenters. The van der Waals surface area contributed by atoms with Gasteiger partial charge in [0, 0.05) is 18.3 Å². The van der Waals surface area contributed by atoms with Crippen LogP contribution >= 0.6 is 0 Å². The third-order valence-corrected chi connectivity index (χ3v) is 5.96. The van der Waals surface area contributed by atoms with E-state index in [-0.39, 0.29) is 44.1 Å². The average molecular weight is 520 g/mol. The van der Waals surface area contributed by atoms with Gasteiger partial charge in [-0.1, -0.05) is 18.2 Å². The fourth-order valence-corrected chi connectivity index (χ4v) is 3.91. The van der Waals surface area contributed by atoms with Gasteiger partial charge in [0.15, 0.2) is 5.82 Å². The van der Waals surface area contributed by atoms with Gasteiger partial charge in [-0.05, 0) is 49.4 Å². The van der Waals surface area contributed by atoms with Crippen LogP contribution in [0.25, 0.3) is 22.6 Å². The lowest BCUT2D eigenvalue weighted by Gasteiger charge is -2.35. The summed E-state index contributed by atoms with van der Waals surface area (Å²) in [4.78, 5) is 29.2. The third-order valence-electron chi connectivity index (χ3n) is 5.96. The number of rotatable bonds is 8. The molecule has 0 saturated carbocycles. The van der Waals surface area contributed by atoms with Crippen LogP contribution in [-0.2, 0) is 14.3 Å². The molecule has 1 aliphatic rings. The van der Waals surface area contributed by atoms with Crippen LogP contribution in [0, 0.1) is 11.2 Å². The Morgan fingerprint density at radius 2 is 1.87 bits per heavy atom. The van der Waals surface area contributed by atoms with E-state index in [1.54, 1.807) is 43.5 Å². The third kappa shape index (κ3) is 5.54. The summed E-state index contributed by atoms with van der Waals surface area (Å²) in [7, 11) is 0. The molecule has 1 aliphatic heterocycles. The first-order chi connectivity index (χ1) is 18.4. The average Bonchev–Trinajstić information content (AvgIpc) is 3.39.